The van der Waals surface area contributed by atoms with Crippen molar-refractivity contribution in [2.24, 2.45) is 0 Å². The number of nitrogens with one attached hydrogen (secondary N) is 2. The second-order valence-corrected chi connectivity index (χ2v) is 7.82. The van der Waals surface area contributed by atoms with Gasteiger partial charge in [-0.05, 0) is 48.9 Å². The van der Waals surface area contributed by atoms with Crippen molar-refractivity contribution in [2.75, 3.05) is 11.9 Å². The summed E-state index contributed by atoms with van der Waals surface area (Å²) in [5, 5.41) is 2.60. The Balaban J connectivity index is 1.63. The number of carbonyl (C=O) groups is 1. The molecule has 0 aliphatic carbocycles. The van der Waals surface area contributed by atoms with E-state index in [4.69, 9.17) is 0 Å². The third-order valence-corrected chi connectivity index (χ3v) is 5.30. The Morgan fingerprint density at radius 2 is 1.92 bits per heavy atom. The van der Waals surface area contributed by atoms with Gasteiger partial charge in [0.25, 0.3) is 0 Å². The minimum Gasteiger partial charge on any atom is -0.326 e. The molecule has 136 valence electrons. The number of hydrogen-bond donors (Lipinski definition) is 2. The number of benzene rings is 1. The lowest BCUT2D eigenvalue weighted by molar-refractivity contribution is -0.114. The summed E-state index contributed by atoms with van der Waals surface area (Å²) in [4.78, 5) is 15.6. The molecule has 1 amide bonds. The summed E-state index contributed by atoms with van der Waals surface area (Å²) < 4.78 is 29.2. The van der Waals surface area contributed by atoms with Crippen LogP contribution < -0.4 is 10.0 Å². The van der Waals surface area contributed by atoms with Crippen molar-refractivity contribution >= 4 is 27.3 Å². The summed E-state index contributed by atoms with van der Waals surface area (Å²) >= 11 is 0. The minimum absolute atomic E-state index is 0.150. The molecule has 0 spiro atoms. The Morgan fingerprint density at radius 1 is 1.19 bits per heavy atom. The van der Waals surface area contributed by atoms with Crippen LogP contribution in [0.3, 0.4) is 0 Å². The maximum atomic E-state index is 12.3. The lowest BCUT2D eigenvalue weighted by Crippen LogP contribution is -2.26. The number of hydrogen-bond acceptors (Lipinski definition) is 4. The molecule has 0 fully saturated rings. The molecule has 2 heterocycles. The number of pyridine rings is 1. The fourth-order valence-electron chi connectivity index (χ4n) is 2.57. The smallest absolute Gasteiger partial charge is 0.240 e. The van der Waals surface area contributed by atoms with Gasteiger partial charge in [0.2, 0.25) is 15.9 Å². The molecule has 1 aromatic carbocycles. The monoisotopic (exact) mass is 372 g/mol. The van der Waals surface area contributed by atoms with Gasteiger partial charge in [0.15, 0.2) is 0 Å². The molecule has 3 rings (SSSR count). The molecule has 2 N–H and O–H groups in total. The highest BCUT2D eigenvalue weighted by Gasteiger charge is 2.14. The Bertz CT molecular complexity index is 1040. The van der Waals surface area contributed by atoms with Gasteiger partial charge in [-0.1, -0.05) is 0 Å². The van der Waals surface area contributed by atoms with Gasteiger partial charge in [0.1, 0.15) is 5.65 Å². The summed E-state index contributed by atoms with van der Waals surface area (Å²) in [6, 6.07) is 10.00. The molecule has 0 bridgehead atoms. The van der Waals surface area contributed by atoms with E-state index in [9.17, 15) is 13.2 Å². The van der Waals surface area contributed by atoms with Crippen molar-refractivity contribution in [1.82, 2.24) is 14.1 Å². The van der Waals surface area contributed by atoms with Crippen LogP contribution in [0.4, 0.5) is 5.69 Å². The Hall–Kier alpha value is -2.71. The maximum Gasteiger partial charge on any atom is 0.240 e. The van der Waals surface area contributed by atoms with Gasteiger partial charge in [-0.25, -0.2) is 18.1 Å². The number of fused-ring (bicyclic) bond motifs is 1. The van der Waals surface area contributed by atoms with Gasteiger partial charge < -0.3 is 9.72 Å². The van der Waals surface area contributed by atoms with Crippen molar-refractivity contribution in [2.45, 2.75) is 25.2 Å². The zero-order valence-corrected chi connectivity index (χ0v) is 15.4. The van der Waals surface area contributed by atoms with Crippen molar-refractivity contribution < 1.29 is 13.2 Å². The molecule has 2 aromatic heterocycles. The number of rotatable bonds is 6. The SMILES string of the molecule is CC(=O)Nc1ccc(S(=O)(=O)NCCc2cn3ccc(C)cc3n2)cc1. The summed E-state index contributed by atoms with van der Waals surface area (Å²) in [7, 11) is -3.61. The number of aromatic nitrogens is 2. The van der Waals surface area contributed by atoms with Gasteiger partial charge in [-0.15, -0.1) is 0 Å². The topological polar surface area (TPSA) is 92.6 Å². The largest absolute Gasteiger partial charge is 0.326 e. The van der Waals surface area contributed by atoms with Crippen molar-refractivity contribution in [3.05, 3.63) is 60.0 Å². The number of aryl methyl sites for hydroxylation is 1. The number of amides is 1. The summed E-state index contributed by atoms with van der Waals surface area (Å²) in [5.41, 5.74) is 3.34. The van der Waals surface area contributed by atoms with E-state index in [1.165, 1.54) is 19.1 Å². The summed E-state index contributed by atoms with van der Waals surface area (Å²) in [6.07, 6.45) is 4.32. The van der Waals surface area contributed by atoms with Crippen LogP contribution in [-0.4, -0.2) is 30.3 Å². The van der Waals surface area contributed by atoms with Crippen LogP contribution in [0.15, 0.2) is 53.7 Å². The first-order valence-electron chi connectivity index (χ1n) is 8.15. The molecule has 0 radical (unpaired) electrons. The van der Waals surface area contributed by atoms with E-state index in [2.05, 4.69) is 15.0 Å². The fourth-order valence-corrected chi connectivity index (χ4v) is 3.61. The van der Waals surface area contributed by atoms with Gasteiger partial charge in [-0.3, -0.25) is 4.79 Å². The predicted molar refractivity (Wildman–Crippen MR) is 99.6 cm³/mol. The van der Waals surface area contributed by atoms with Crippen LogP contribution in [0.5, 0.6) is 0 Å². The Labute approximate surface area is 152 Å². The van der Waals surface area contributed by atoms with E-state index in [-0.39, 0.29) is 17.3 Å². The first-order chi connectivity index (χ1) is 12.3. The zero-order valence-electron chi connectivity index (χ0n) is 14.6. The summed E-state index contributed by atoms with van der Waals surface area (Å²) in [6.45, 7) is 3.64. The second-order valence-electron chi connectivity index (χ2n) is 6.06. The third-order valence-electron chi connectivity index (χ3n) is 3.82. The molecule has 0 aliphatic rings. The van der Waals surface area contributed by atoms with E-state index in [0.717, 1.165) is 16.9 Å². The highest BCUT2D eigenvalue weighted by atomic mass is 32.2. The van der Waals surface area contributed by atoms with Crippen LogP contribution in [0.2, 0.25) is 0 Å². The second kappa shape index (κ2) is 7.27. The molecule has 0 unspecified atom stereocenters. The highest BCUT2D eigenvalue weighted by molar-refractivity contribution is 7.89. The first kappa shape index (κ1) is 18.1. The number of nitrogens with zero attached hydrogens (tertiary/aromatic N) is 2. The van der Waals surface area contributed by atoms with Gasteiger partial charge >= 0.3 is 0 Å². The van der Waals surface area contributed by atoms with Crippen molar-refractivity contribution in [1.29, 1.82) is 0 Å². The fraction of sp³-hybridized carbons (Fsp3) is 0.222. The van der Waals surface area contributed by atoms with Gasteiger partial charge in [0, 0.05) is 38.0 Å². The van der Waals surface area contributed by atoms with Crippen LogP contribution in [0.1, 0.15) is 18.2 Å². The summed E-state index contributed by atoms with van der Waals surface area (Å²) in [5.74, 6) is -0.207. The first-order valence-corrected chi connectivity index (χ1v) is 9.63. The molecule has 8 heteroatoms. The molecule has 0 aliphatic heterocycles. The third kappa shape index (κ3) is 4.27. The molecule has 7 nitrogen and oxygen atoms in total. The number of anilines is 1. The molecule has 3 aromatic rings. The lowest BCUT2D eigenvalue weighted by atomic mass is 10.3. The average molecular weight is 372 g/mol. The van der Waals surface area contributed by atoms with E-state index < -0.39 is 10.0 Å². The molecular weight excluding hydrogens is 352 g/mol. The molecule has 0 saturated heterocycles. The van der Waals surface area contributed by atoms with Crippen molar-refractivity contribution in [3.8, 4) is 0 Å². The van der Waals surface area contributed by atoms with Gasteiger partial charge in [0.05, 0.1) is 10.6 Å². The van der Waals surface area contributed by atoms with E-state index in [1.54, 1.807) is 12.1 Å². The van der Waals surface area contributed by atoms with Crippen LogP contribution >= 0.6 is 0 Å². The van der Waals surface area contributed by atoms with Crippen LogP contribution in [0.25, 0.3) is 5.65 Å². The molecular formula is C18H20N4O3S. The molecule has 0 saturated carbocycles. The number of imidazole rings is 1. The predicted octanol–water partition coefficient (Wildman–Crippen LogP) is 2.12. The number of carbonyl (C=O) groups excluding carboxylic acids is 1. The van der Waals surface area contributed by atoms with Crippen LogP contribution in [-0.2, 0) is 21.2 Å². The van der Waals surface area contributed by atoms with Crippen LogP contribution in [0, 0.1) is 6.92 Å². The van der Waals surface area contributed by atoms with Gasteiger partial charge in [-0.2, -0.15) is 0 Å². The standard InChI is InChI=1S/C18H20N4O3S/c1-13-8-10-22-12-16(21-18(22)11-13)7-9-19-26(24,25)17-5-3-15(4-6-17)20-14(2)23/h3-6,8,10-12,19H,7,9H2,1-2H3,(H,20,23). The Kier molecular flexibility index (Phi) is 5.06. The normalized spacial score (nSPS) is 11.6. The molecule has 0 atom stereocenters. The minimum atomic E-state index is -3.61. The average Bonchev–Trinajstić information content (AvgIpc) is 2.96. The van der Waals surface area contributed by atoms with Crippen molar-refractivity contribution in [3.63, 3.8) is 0 Å². The van der Waals surface area contributed by atoms with E-state index >= 15 is 0 Å². The maximum absolute atomic E-state index is 12.3. The Morgan fingerprint density at radius 3 is 2.62 bits per heavy atom. The van der Waals surface area contributed by atoms with E-state index in [1.807, 2.05) is 35.9 Å². The highest BCUT2D eigenvalue weighted by Crippen LogP contribution is 2.14. The zero-order chi connectivity index (χ0) is 18.7. The number of sulfonamides is 1. The quantitative estimate of drug-likeness (QED) is 0.693. The molecule has 26 heavy (non-hydrogen) atoms. The van der Waals surface area contributed by atoms with E-state index in [0.29, 0.717) is 12.1 Å². The lowest BCUT2D eigenvalue weighted by Gasteiger charge is -2.07.